The molecule has 0 spiro atoms. The lowest BCUT2D eigenvalue weighted by atomic mass is 10.0. The quantitative estimate of drug-likeness (QED) is 0.601. The van der Waals surface area contributed by atoms with Gasteiger partial charge in [0.1, 0.15) is 0 Å². The lowest BCUT2D eigenvalue weighted by Gasteiger charge is -2.15. The molecule has 0 fully saturated rings. The van der Waals surface area contributed by atoms with Crippen LogP contribution in [0.1, 0.15) is 38.8 Å². The van der Waals surface area contributed by atoms with Crippen LogP contribution in [0.4, 0.5) is 17.1 Å². The van der Waals surface area contributed by atoms with Crippen LogP contribution in [0.2, 0.25) is 0 Å². The maximum Gasteiger partial charge on any atom is 0.338 e. The van der Waals surface area contributed by atoms with Crippen molar-refractivity contribution < 1.29 is 27.5 Å². The van der Waals surface area contributed by atoms with Crippen LogP contribution >= 0.6 is 0 Å². The van der Waals surface area contributed by atoms with Crippen LogP contribution in [-0.2, 0) is 19.6 Å². The number of benzene rings is 2. The summed E-state index contributed by atoms with van der Waals surface area (Å²) in [5.74, 6) is -1.52. The van der Waals surface area contributed by atoms with E-state index in [9.17, 15) is 22.8 Å². The number of hydrogen-bond acceptors (Lipinski definition) is 6. The van der Waals surface area contributed by atoms with Gasteiger partial charge in [-0.05, 0) is 55.3 Å². The monoisotopic (exact) mass is 433 g/mol. The topological polar surface area (TPSA) is 131 Å². The number of carbonyl (C=O) groups is 3. The number of aryl methyl sites for hydroxylation is 1. The number of hydrogen-bond donors (Lipinski definition) is 3. The van der Waals surface area contributed by atoms with E-state index in [0.717, 1.165) is 11.8 Å². The third-order valence-electron chi connectivity index (χ3n) is 4.21. The Morgan fingerprint density at radius 2 is 1.57 bits per heavy atom. The Labute approximate surface area is 174 Å². The SMILES string of the molecule is COC(=O)c1cc(NC(=O)c2cc(NC(C)=O)ccc2NS(C)(=O)=O)cc(C)c1C. The van der Waals surface area contributed by atoms with Gasteiger partial charge in [-0.15, -0.1) is 0 Å². The summed E-state index contributed by atoms with van der Waals surface area (Å²) in [6, 6.07) is 7.36. The van der Waals surface area contributed by atoms with Crippen molar-refractivity contribution in [2.45, 2.75) is 20.8 Å². The first-order valence-electron chi connectivity index (χ1n) is 8.81. The van der Waals surface area contributed by atoms with Crippen LogP contribution in [0.25, 0.3) is 0 Å². The Morgan fingerprint density at radius 1 is 0.933 bits per heavy atom. The normalized spacial score (nSPS) is 10.8. The summed E-state index contributed by atoms with van der Waals surface area (Å²) < 4.78 is 30.4. The fraction of sp³-hybridized carbons (Fsp3) is 0.250. The van der Waals surface area contributed by atoms with Gasteiger partial charge in [0, 0.05) is 18.3 Å². The highest BCUT2D eigenvalue weighted by atomic mass is 32.2. The number of anilines is 3. The van der Waals surface area contributed by atoms with Gasteiger partial charge in [0.15, 0.2) is 0 Å². The minimum absolute atomic E-state index is 0.00970. The molecule has 0 radical (unpaired) electrons. The van der Waals surface area contributed by atoms with Crippen molar-refractivity contribution in [1.29, 1.82) is 0 Å². The smallest absolute Gasteiger partial charge is 0.338 e. The van der Waals surface area contributed by atoms with E-state index in [1.165, 1.54) is 38.3 Å². The van der Waals surface area contributed by atoms with Crippen LogP contribution in [-0.4, -0.2) is 39.6 Å². The molecule has 2 amide bonds. The van der Waals surface area contributed by atoms with Crippen molar-refractivity contribution in [3.05, 3.63) is 52.6 Å². The molecular weight excluding hydrogens is 410 g/mol. The molecule has 3 N–H and O–H groups in total. The summed E-state index contributed by atoms with van der Waals surface area (Å²) in [6.45, 7) is 4.86. The minimum Gasteiger partial charge on any atom is -0.465 e. The Hall–Kier alpha value is -3.40. The van der Waals surface area contributed by atoms with Gasteiger partial charge >= 0.3 is 5.97 Å². The molecule has 0 aliphatic carbocycles. The number of carbonyl (C=O) groups excluding carboxylic acids is 3. The number of ether oxygens (including phenoxy) is 1. The lowest BCUT2D eigenvalue weighted by molar-refractivity contribution is -0.114. The van der Waals surface area contributed by atoms with Crippen molar-refractivity contribution in [3.8, 4) is 0 Å². The fourth-order valence-corrected chi connectivity index (χ4v) is 3.33. The predicted octanol–water partition coefficient (Wildman–Crippen LogP) is 2.67. The molecule has 2 rings (SSSR count). The third-order valence-corrected chi connectivity index (χ3v) is 4.80. The maximum atomic E-state index is 12.9. The van der Waals surface area contributed by atoms with Gasteiger partial charge in [0.25, 0.3) is 5.91 Å². The average molecular weight is 433 g/mol. The molecule has 0 aliphatic rings. The van der Waals surface area contributed by atoms with Crippen LogP contribution in [0.5, 0.6) is 0 Å². The number of rotatable bonds is 6. The van der Waals surface area contributed by atoms with Gasteiger partial charge in [-0.1, -0.05) is 0 Å². The molecule has 30 heavy (non-hydrogen) atoms. The minimum atomic E-state index is -3.65. The number of sulfonamides is 1. The molecule has 0 aromatic heterocycles. The summed E-state index contributed by atoms with van der Waals surface area (Å²) in [5.41, 5.74) is 2.46. The highest BCUT2D eigenvalue weighted by Crippen LogP contribution is 2.25. The highest BCUT2D eigenvalue weighted by Gasteiger charge is 2.18. The molecule has 0 saturated heterocycles. The second kappa shape index (κ2) is 8.95. The molecule has 2 aromatic rings. The van der Waals surface area contributed by atoms with E-state index in [0.29, 0.717) is 22.5 Å². The number of nitrogens with one attached hydrogen (secondary N) is 3. The van der Waals surface area contributed by atoms with E-state index in [1.54, 1.807) is 19.9 Å². The zero-order valence-electron chi connectivity index (χ0n) is 17.2. The molecule has 9 nitrogen and oxygen atoms in total. The molecule has 160 valence electrons. The molecular formula is C20H23N3O6S. The van der Waals surface area contributed by atoms with Crippen molar-refractivity contribution in [3.63, 3.8) is 0 Å². The molecule has 0 atom stereocenters. The Bertz CT molecular complexity index is 1130. The van der Waals surface area contributed by atoms with E-state index in [2.05, 4.69) is 15.4 Å². The lowest BCUT2D eigenvalue weighted by Crippen LogP contribution is -2.19. The van der Waals surface area contributed by atoms with Crippen molar-refractivity contribution in [2.75, 3.05) is 28.7 Å². The highest BCUT2D eigenvalue weighted by molar-refractivity contribution is 7.92. The molecule has 10 heteroatoms. The largest absolute Gasteiger partial charge is 0.465 e. The summed E-state index contributed by atoms with van der Waals surface area (Å²) in [7, 11) is -2.39. The van der Waals surface area contributed by atoms with E-state index in [-0.39, 0.29) is 17.2 Å². The number of methoxy groups -OCH3 is 1. The summed E-state index contributed by atoms with van der Waals surface area (Å²) in [6.07, 6.45) is 0.961. The first-order chi connectivity index (χ1) is 13.9. The summed E-state index contributed by atoms with van der Waals surface area (Å²) >= 11 is 0. The summed E-state index contributed by atoms with van der Waals surface area (Å²) in [5, 5.41) is 5.20. The van der Waals surface area contributed by atoms with Crippen LogP contribution in [0.3, 0.4) is 0 Å². The number of esters is 1. The number of amides is 2. The molecule has 0 bridgehead atoms. The third kappa shape index (κ3) is 5.80. The van der Waals surface area contributed by atoms with E-state index in [1.807, 2.05) is 0 Å². The maximum absolute atomic E-state index is 12.9. The van der Waals surface area contributed by atoms with Gasteiger partial charge < -0.3 is 15.4 Å². The van der Waals surface area contributed by atoms with Crippen LogP contribution in [0.15, 0.2) is 30.3 Å². The van der Waals surface area contributed by atoms with Gasteiger partial charge in [0.05, 0.1) is 30.2 Å². The zero-order valence-corrected chi connectivity index (χ0v) is 18.1. The standard InChI is InChI=1S/C20H23N3O6S/c1-11-8-15(10-16(12(11)2)20(26)29-4)22-19(25)17-9-14(21-13(3)24)6-7-18(17)23-30(5,27)28/h6-10,23H,1-5H3,(H,21,24)(H,22,25). The van der Waals surface area contributed by atoms with Crippen LogP contribution < -0.4 is 15.4 Å². The van der Waals surface area contributed by atoms with Gasteiger partial charge in [-0.25, -0.2) is 13.2 Å². The van der Waals surface area contributed by atoms with E-state index >= 15 is 0 Å². The molecule has 0 heterocycles. The van der Waals surface area contributed by atoms with Crippen LogP contribution in [0, 0.1) is 13.8 Å². The van der Waals surface area contributed by atoms with Gasteiger partial charge in [0.2, 0.25) is 15.9 Å². The Kier molecular flexibility index (Phi) is 6.83. The molecule has 2 aromatic carbocycles. The Morgan fingerprint density at radius 3 is 2.13 bits per heavy atom. The fourth-order valence-electron chi connectivity index (χ4n) is 2.75. The predicted molar refractivity (Wildman–Crippen MR) is 114 cm³/mol. The second-order valence-corrected chi connectivity index (χ2v) is 8.48. The van der Waals surface area contributed by atoms with Crippen molar-refractivity contribution in [2.24, 2.45) is 0 Å². The summed E-state index contributed by atoms with van der Waals surface area (Å²) in [4.78, 5) is 36.3. The Balaban J connectivity index is 2.47. The van der Waals surface area contributed by atoms with Gasteiger partial charge in [-0.2, -0.15) is 0 Å². The molecule has 0 aliphatic heterocycles. The first kappa shape index (κ1) is 22.9. The first-order valence-corrected chi connectivity index (χ1v) is 10.7. The van der Waals surface area contributed by atoms with E-state index < -0.39 is 21.9 Å². The molecule has 0 unspecified atom stereocenters. The molecule has 0 saturated carbocycles. The second-order valence-electron chi connectivity index (χ2n) is 6.73. The zero-order chi connectivity index (χ0) is 22.6. The van der Waals surface area contributed by atoms with E-state index in [4.69, 9.17) is 4.74 Å². The van der Waals surface area contributed by atoms with Gasteiger partial charge in [-0.3, -0.25) is 14.3 Å². The van der Waals surface area contributed by atoms with Crippen molar-refractivity contribution >= 4 is 44.9 Å². The van der Waals surface area contributed by atoms with Crippen molar-refractivity contribution in [1.82, 2.24) is 0 Å². The average Bonchev–Trinajstić information content (AvgIpc) is 2.63.